The highest BCUT2D eigenvalue weighted by molar-refractivity contribution is 4.94. The molecule has 1 saturated carbocycles. The SMILES string of the molecule is CCCn1ncnc1CC(N)C1CC1. The standard InChI is InChI=1S/C10H18N4/c1-2-5-14-10(12-7-13-14)6-9(11)8-3-4-8/h7-9H,2-6,11H2,1H3. The summed E-state index contributed by atoms with van der Waals surface area (Å²) in [6.07, 6.45) is 6.19. The van der Waals surface area contributed by atoms with Gasteiger partial charge < -0.3 is 5.73 Å². The highest BCUT2D eigenvalue weighted by Crippen LogP contribution is 2.32. The molecule has 0 spiro atoms. The van der Waals surface area contributed by atoms with Crippen molar-refractivity contribution in [1.29, 1.82) is 0 Å². The van der Waals surface area contributed by atoms with Crippen molar-refractivity contribution in [3.63, 3.8) is 0 Å². The van der Waals surface area contributed by atoms with Crippen LogP contribution in [0.25, 0.3) is 0 Å². The van der Waals surface area contributed by atoms with E-state index in [0.29, 0.717) is 0 Å². The highest BCUT2D eigenvalue weighted by Gasteiger charge is 2.29. The van der Waals surface area contributed by atoms with Crippen molar-refractivity contribution in [2.45, 2.75) is 45.2 Å². The molecule has 1 aromatic rings. The van der Waals surface area contributed by atoms with Gasteiger partial charge in [-0.3, -0.25) is 4.68 Å². The second-order valence-corrected chi connectivity index (χ2v) is 4.10. The topological polar surface area (TPSA) is 56.7 Å². The lowest BCUT2D eigenvalue weighted by Gasteiger charge is -2.10. The van der Waals surface area contributed by atoms with Crippen molar-refractivity contribution in [1.82, 2.24) is 14.8 Å². The molecule has 78 valence electrons. The average Bonchev–Trinajstić information content (AvgIpc) is 2.93. The van der Waals surface area contributed by atoms with Crippen LogP contribution in [0.3, 0.4) is 0 Å². The molecular formula is C10H18N4. The highest BCUT2D eigenvalue weighted by atomic mass is 15.3. The van der Waals surface area contributed by atoms with Crippen molar-refractivity contribution in [3.8, 4) is 0 Å². The number of nitrogens with two attached hydrogens (primary N) is 1. The van der Waals surface area contributed by atoms with Crippen molar-refractivity contribution >= 4 is 0 Å². The predicted octanol–water partition coefficient (Wildman–Crippen LogP) is 0.968. The molecule has 0 saturated heterocycles. The summed E-state index contributed by atoms with van der Waals surface area (Å²) in [5.74, 6) is 1.79. The van der Waals surface area contributed by atoms with Gasteiger partial charge >= 0.3 is 0 Å². The smallest absolute Gasteiger partial charge is 0.138 e. The lowest BCUT2D eigenvalue weighted by molar-refractivity contribution is 0.518. The molecule has 1 atom stereocenters. The van der Waals surface area contributed by atoms with E-state index in [-0.39, 0.29) is 6.04 Å². The fourth-order valence-corrected chi connectivity index (χ4v) is 1.75. The number of hydrogen-bond donors (Lipinski definition) is 1. The molecule has 0 aromatic carbocycles. The molecule has 0 radical (unpaired) electrons. The summed E-state index contributed by atoms with van der Waals surface area (Å²) in [6.45, 7) is 3.10. The maximum Gasteiger partial charge on any atom is 0.138 e. The number of rotatable bonds is 5. The predicted molar refractivity (Wildman–Crippen MR) is 54.7 cm³/mol. The second-order valence-electron chi connectivity index (χ2n) is 4.10. The fourth-order valence-electron chi connectivity index (χ4n) is 1.75. The summed E-state index contributed by atoms with van der Waals surface area (Å²) in [6, 6.07) is 0.287. The molecule has 1 aromatic heterocycles. The van der Waals surface area contributed by atoms with E-state index in [0.717, 1.165) is 31.1 Å². The molecule has 1 fully saturated rings. The van der Waals surface area contributed by atoms with E-state index in [1.54, 1.807) is 6.33 Å². The zero-order chi connectivity index (χ0) is 9.97. The number of aryl methyl sites for hydroxylation is 1. The molecular weight excluding hydrogens is 176 g/mol. The first kappa shape index (κ1) is 9.65. The van der Waals surface area contributed by atoms with Crippen molar-refractivity contribution in [2.24, 2.45) is 11.7 Å². The molecule has 0 amide bonds. The van der Waals surface area contributed by atoms with Crippen LogP contribution in [-0.2, 0) is 13.0 Å². The van der Waals surface area contributed by atoms with Crippen LogP contribution in [0.2, 0.25) is 0 Å². The molecule has 4 heteroatoms. The van der Waals surface area contributed by atoms with Crippen LogP contribution in [0.15, 0.2) is 6.33 Å². The maximum absolute atomic E-state index is 6.05. The van der Waals surface area contributed by atoms with Crippen LogP contribution >= 0.6 is 0 Å². The molecule has 1 unspecified atom stereocenters. The Morgan fingerprint density at radius 2 is 2.43 bits per heavy atom. The van der Waals surface area contributed by atoms with Crippen LogP contribution in [0, 0.1) is 5.92 Å². The molecule has 1 heterocycles. The Morgan fingerprint density at radius 1 is 1.64 bits per heavy atom. The van der Waals surface area contributed by atoms with Gasteiger partial charge in [-0.15, -0.1) is 0 Å². The summed E-state index contributed by atoms with van der Waals surface area (Å²) in [7, 11) is 0. The van der Waals surface area contributed by atoms with Gasteiger partial charge in [0, 0.05) is 19.0 Å². The third-order valence-corrected chi connectivity index (χ3v) is 2.78. The number of aromatic nitrogens is 3. The Morgan fingerprint density at radius 3 is 3.07 bits per heavy atom. The number of nitrogens with zero attached hydrogens (tertiary/aromatic N) is 3. The zero-order valence-corrected chi connectivity index (χ0v) is 8.69. The minimum atomic E-state index is 0.287. The van der Waals surface area contributed by atoms with Gasteiger partial charge in [-0.05, 0) is 25.2 Å². The van der Waals surface area contributed by atoms with Crippen LogP contribution < -0.4 is 5.73 Å². The third-order valence-electron chi connectivity index (χ3n) is 2.78. The van der Waals surface area contributed by atoms with Crippen molar-refractivity contribution in [2.75, 3.05) is 0 Å². The summed E-state index contributed by atoms with van der Waals surface area (Å²) in [5, 5.41) is 4.19. The Balaban J connectivity index is 1.96. The first-order valence-electron chi connectivity index (χ1n) is 5.43. The summed E-state index contributed by atoms with van der Waals surface area (Å²) >= 11 is 0. The summed E-state index contributed by atoms with van der Waals surface area (Å²) in [4.78, 5) is 4.26. The van der Waals surface area contributed by atoms with E-state index < -0.39 is 0 Å². The molecule has 2 N–H and O–H groups in total. The molecule has 1 aliphatic rings. The normalized spacial score (nSPS) is 18.4. The Kier molecular flexibility index (Phi) is 2.82. The average molecular weight is 194 g/mol. The minimum Gasteiger partial charge on any atom is -0.327 e. The Hall–Kier alpha value is -0.900. The van der Waals surface area contributed by atoms with E-state index in [1.165, 1.54) is 12.8 Å². The molecule has 0 bridgehead atoms. The van der Waals surface area contributed by atoms with Gasteiger partial charge in [0.2, 0.25) is 0 Å². The van der Waals surface area contributed by atoms with Crippen molar-refractivity contribution < 1.29 is 0 Å². The van der Waals surface area contributed by atoms with Gasteiger partial charge in [-0.25, -0.2) is 4.98 Å². The largest absolute Gasteiger partial charge is 0.327 e. The van der Waals surface area contributed by atoms with Crippen LogP contribution in [0.5, 0.6) is 0 Å². The monoisotopic (exact) mass is 194 g/mol. The fraction of sp³-hybridized carbons (Fsp3) is 0.800. The maximum atomic E-state index is 6.05. The lowest BCUT2D eigenvalue weighted by Crippen LogP contribution is -2.27. The zero-order valence-electron chi connectivity index (χ0n) is 8.69. The van der Waals surface area contributed by atoms with Gasteiger partial charge in [0.15, 0.2) is 0 Å². The van der Waals surface area contributed by atoms with Crippen LogP contribution in [0.4, 0.5) is 0 Å². The first-order valence-corrected chi connectivity index (χ1v) is 5.43. The second kappa shape index (κ2) is 4.09. The molecule has 4 nitrogen and oxygen atoms in total. The summed E-state index contributed by atoms with van der Waals surface area (Å²) in [5.41, 5.74) is 6.05. The van der Waals surface area contributed by atoms with Crippen LogP contribution in [-0.4, -0.2) is 20.8 Å². The van der Waals surface area contributed by atoms with E-state index in [9.17, 15) is 0 Å². The quantitative estimate of drug-likeness (QED) is 0.759. The Labute approximate surface area is 84.5 Å². The van der Waals surface area contributed by atoms with Gasteiger partial charge in [0.25, 0.3) is 0 Å². The van der Waals surface area contributed by atoms with Gasteiger partial charge in [0.05, 0.1) is 0 Å². The van der Waals surface area contributed by atoms with E-state index in [1.807, 2.05) is 4.68 Å². The first-order chi connectivity index (χ1) is 6.81. The third kappa shape index (κ3) is 2.12. The summed E-state index contributed by atoms with van der Waals surface area (Å²) < 4.78 is 1.97. The lowest BCUT2D eigenvalue weighted by atomic mass is 10.1. The minimum absolute atomic E-state index is 0.287. The Bertz CT molecular complexity index is 290. The van der Waals surface area contributed by atoms with Crippen molar-refractivity contribution in [3.05, 3.63) is 12.2 Å². The molecule has 14 heavy (non-hydrogen) atoms. The number of hydrogen-bond acceptors (Lipinski definition) is 3. The van der Waals surface area contributed by atoms with E-state index in [2.05, 4.69) is 17.0 Å². The van der Waals surface area contributed by atoms with E-state index >= 15 is 0 Å². The van der Waals surface area contributed by atoms with Gasteiger partial charge in [0.1, 0.15) is 12.2 Å². The van der Waals surface area contributed by atoms with Gasteiger partial charge in [-0.2, -0.15) is 5.10 Å². The van der Waals surface area contributed by atoms with Gasteiger partial charge in [-0.1, -0.05) is 6.92 Å². The molecule has 2 rings (SSSR count). The van der Waals surface area contributed by atoms with Crippen LogP contribution in [0.1, 0.15) is 32.0 Å². The molecule has 0 aliphatic heterocycles. The van der Waals surface area contributed by atoms with E-state index in [4.69, 9.17) is 5.73 Å². The molecule has 1 aliphatic carbocycles.